The molecule has 2 saturated heterocycles. The number of aromatic amines is 1. The van der Waals surface area contributed by atoms with Gasteiger partial charge in [-0.15, -0.1) is 9.05 Å². The summed E-state index contributed by atoms with van der Waals surface area (Å²) in [6, 6.07) is 64.1. The maximum Gasteiger partial charge on any atom is 0.573 e. The highest BCUT2D eigenvalue weighted by Gasteiger charge is 2.56. The van der Waals surface area contributed by atoms with Crippen molar-refractivity contribution in [2.24, 2.45) is 10.7 Å². The zero-order valence-corrected chi connectivity index (χ0v) is 81.8. The third-order valence-electron chi connectivity index (χ3n) is 24.2. The third-order valence-corrected chi connectivity index (χ3v) is 27.9. The van der Waals surface area contributed by atoms with Crippen LogP contribution in [-0.4, -0.2) is 230 Å². The minimum absolute atomic E-state index is 0.00928. The molecule has 3 aliphatic heterocycles. The maximum atomic E-state index is 14.2. The highest BCUT2D eigenvalue weighted by Crippen LogP contribution is 2.62. The number of amidine groups is 1. The second-order valence-electron chi connectivity index (χ2n) is 33.9. The summed E-state index contributed by atoms with van der Waals surface area (Å²) in [4.78, 5) is 77.2. The van der Waals surface area contributed by atoms with E-state index in [9.17, 15) is 39.7 Å². The summed E-state index contributed by atoms with van der Waals surface area (Å²) in [7, 11) is -1.84. The van der Waals surface area contributed by atoms with E-state index in [1.165, 1.54) is 31.2 Å². The van der Waals surface area contributed by atoms with Crippen LogP contribution in [0.3, 0.4) is 0 Å². The number of halogens is 1. The van der Waals surface area contributed by atoms with Gasteiger partial charge in [-0.05, 0) is 154 Å². The number of nitrogens with zero attached hydrogens (tertiary/aromatic N) is 8. The Morgan fingerprint density at radius 2 is 1.29 bits per heavy atom. The van der Waals surface area contributed by atoms with Gasteiger partial charge in [0.1, 0.15) is 79.4 Å². The number of methoxy groups -OCH3 is 2. The first-order chi connectivity index (χ1) is 66.4. The van der Waals surface area contributed by atoms with Crippen molar-refractivity contribution in [3.8, 4) is 33.8 Å². The van der Waals surface area contributed by atoms with Crippen LogP contribution in [-0.2, 0) is 63.2 Å². The molecule has 0 bridgehead atoms. The van der Waals surface area contributed by atoms with Gasteiger partial charge in [0.15, 0.2) is 17.8 Å². The van der Waals surface area contributed by atoms with Crippen LogP contribution in [0.2, 0.25) is 0 Å². The zero-order valence-electron chi connectivity index (χ0n) is 77.9. The lowest BCUT2D eigenvalue weighted by molar-refractivity contribution is -0.123. The predicted molar refractivity (Wildman–Crippen MR) is 529 cm³/mol. The fraction of sp³-hybridized carbons (Fsp3) is 0.410. The van der Waals surface area contributed by atoms with Crippen LogP contribution in [0.15, 0.2) is 229 Å². The number of fused-ring (bicyclic) bond motifs is 7. The van der Waals surface area contributed by atoms with Gasteiger partial charge in [-0.2, -0.15) is 14.4 Å². The summed E-state index contributed by atoms with van der Waals surface area (Å²) >= 11 is 2.29. The molecule has 137 heavy (non-hydrogen) atoms. The molecule has 2 amide bonds. The Morgan fingerprint density at radius 3 is 1.88 bits per heavy atom. The number of aliphatic hydroxyl groups is 4. The van der Waals surface area contributed by atoms with E-state index in [-0.39, 0.29) is 138 Å². The monoisotopic (exact) mass is 2030 g/mol. The average Bonchev–Trinajstić information content (AvgIpc) is 1.76. The molecule has 37 heteroatoms. The molecule has 34 nitrogen and oxygen atoms in total. The normalized spacial score (nSPS) is 19.2. The first-order valence-electron chi connectivity index (χ1n) is 46.0. The maximum absolute atomic E-state index is 14.2. The third kappa shape index (κ3) is 25.5. The number of rotatable bonds is 46. The van der Waals surface area contributed by atoms with Crippen molar-refractivity contribution >= 4 is 74.2 Å². The van der Waals surface area contributed by atoms with Crippen molar-refractivity contribution in [1.29, 1.82) is 0 Å². The summed E-state index contributed by atoms with van der Waals surface area (Å²) < 4.78 is 82.9. The van der Waals surface area contributed by atoms with Crippen molar-refractivity contribution in [3.63, 3.8) is 0 Å². The molecule has 0 spiro atoms. The Kier molecular flexibility index (Phi) is 36.8. The van der Waals surface area contributed by atoms with E-state index < -0.39 is 109 Å². The van der Waals surface area contributed by atoms with Crippen LogP contribution < -0.4 is 42.0 Å². The molecule has 12 N–H and O–H groups in total. The minimum Gasteiger partial charge on any atom is -0.497 e. The number of aliphatic imine (C=N–C) groups is 1. The quantitative estimate of drug-likeness (QED) is 0.00321. The summed E-state index contributed by atoms with van der Waals surface area (Å²) in [6.07, 6.45) is -7.09. The first-order valence-corrected chi connectivity index (χ1v) is 50.2. The van der Waals surface area contributed by atoms with E-state index in [2.05, 4.69) is 124 Å². The molecule has 12 atom stereocenters. The molecule has 2 fully saturated rings. The topological polar surface area (TPSA) is 410 Å². The number of amides is 2. The summed E-state index contributed by atoms with van der Waals surface area (Å²) in [5.41, 5.74) is 16.3. The van der Waals surface area contributed by atoms with Gasteiger partial charge in [0.25, 0.3) is 14.1 Å². The molecule has 5 heterocycles. The van der Waals surface area contributed by atoms with Gasteiger partial charge in [0, 0.05) is 82.5 Å². The average molecular weight is 2030 g/mol. The largest absolute Gasteiger partial charge is 0.573 e. The number of hydrogen-bond donors (Lipinski definition) is 11. The van der Waals surface area contributed by atoms with Crippen molar-refractivity contribution in [3.05, 3.63) is 291 Å². The van der Waals surface area contributed by atoms with Gasteiger partial charge in [0.2, 0.25) is 31.2 Å². The van der Waals surface area contributed by atoms with E-state index >= 15 is 0 Å². The van der Waals surface area contributed by atoms with E-state index in [1.807, 2.05) is 167 Å². The van der Waals surface area contributed by atoms with Crippen LogP contribution in [0.5, 0.6) is 11.5 Å². The second kappa shape index (κ2) is 49.1. The van der Waals surface area contributed by atoms with Crippen LogP contribution in [0, 0.1) is 6.57 Å². The number of H-pyrrole nitrogens is 1. The highest BCUT2D eigenvalue weighted by molar-refractivity contribution is 14.1. The Hall–Kier alpha value is -10.2. The molecule has 2 aliphatic carbocycles. The second-order valence-corrected chi connectivity index (χ2v) is 38.5. The van der Waals surface area contributed by atoms with Crippen LogP contribution in [0.1, 0.15) is 148 Å². The lowest BCUT2D eigenvalue weighted by Crippen LogP contribution is -2.43. The van der Waals surface area contributed by atoms with Crippen molar-refractivity contribution in [2.75, 3.05) is 96.8 Å². The van der Waals surface area contributed by atoms with E-state index in [0.29, 0.717) is 46.7 Å². The fourth-order valence-electron chi connectivity index (χ4n) is 17.5. The lowest BCUT2D eigenvalue weighted by atomic mass is 9.80. The molecule has 5 aliphatic rings. The molecular weight excluding hydrogens is 1910 g/mol. The molecule has 2 aromatic heterocycles. The molecule has 10 unspecified atom stereocenters. The first kappa shape index (κ1) is 103. The number of nitrogens with two attached hydrogens (primary N) is 1. The number of imidazole rings is 1. The van der Waals surface area contributed by atoms with Crippen LogP contribution in [0.4, 0.5) is 10.7 Å². The molecule has 10 aromatic rings. The molecule has 15 rings (SSSR count). The van der Waals surface area contributed by atoms with E-state index in [0.717, 1.165) is 50.1 Å². The Morgan fingerprint density at radius 1 is 0.723 bits per heavy atom. The van der Waals surface area contributed by atoms with E-state index in [4.69, 9.17) is 73.1 Å². The van der Waals surface area contributed by atoms with Gasteiger partial charge < -0.3 is 93.6 Å². The lowest BCUT2D eigenvalue weighted by Gasteiger charge is -2.37. The number of benzene rings is 8. The zero-order chi connectivity index (χ0) is 96.7. The SMILES string of the molecule is CCI.[C-]#[N+]CCO[P+](O)(OC[C@H]1OC(N2C=CC(NC(=O)CCCN(C)C(=O)OCC3c4ccccc4-c4ccccc43)=NC2O)CC1OP(OCCCN)N(C(C)C)C(C)C)OC1C[C@H](n2cnc3c(=O)[nH]c(NC(O)CCNC(O)c4ccc(CNC(O)OCC5c6ccccc6-c6ccccc65)cc4)nc32)OC1COC(c1ccccc1)(c1ccc(OC)cc1)c1ccc(OC)cc1. The summed E-state index contributed by atoms with van der Waals surface area (Å²) in [5.74, 6) is 0.557. The number of aliphatic hydroxyl groups excluding tert-OH is 4. The van der Waals surface area contributed by atoms with Gasteiger partial charge in [-0.1, -0.05) is 205 Å². The number of anilines is 1. The number of aromatic nitrogens is 4. The fourth-order valence-corrected chi connectivity index (χ4v) is 20.8. The smallest absolute Gasteiger partial charge is 0.497 e. The predicted octanol–water partition coefficient (Wildman–Crippen LogP) is 14.0. The number of ether oxygens (including phenoxy) is 7. The highest BCUT2D eigenvalue weighted by atomic mass is 127. The Balaban J connectivity index is 0.00000493. The molecule has 8 aromatic carbocycles. The molecule has 0 saturated carbocycles. The molecule has 0 radical (unpaired) electrons. The van der Waals surface area contributed by atoms with Gasteiger partial charge >= 0.3 is 14.3 Å². The number of nitrogens with one attached hydrogen (secondary N) is 5. The molecular formula is C100H122IN14O20P2+. The van der Waals surface area contributed by atoms with Gasteiger partial charge in [0.05, 0.1) is 46.5 Å². The van der Waals surface area contributed by atoms with Crippen molar-refractivity contribution in [1.82, 2.24) is 49.9 Å². The van der Waals surface area contributed by atoms with Crippen LogP contribution >= 0.6 is 39.3 Å². The number of carbonyl (C=O) groups excluding carboxylic acids is 2. The summed E-state index contributed by atoms with van der Waals surface area (Å²) in [6.45, 7) is 18.3. The number of carbonyl (C=O) groups is 2. The summed E-state index contributed by atoms with van der Waals surface area (Å²) in [5, 5.41) is 57.3. The van der Waals surface area contributed by atoms with Gasteiger partial charge in [-0.25, -0.2) is 26.0 Å². The van der Waals surface area contributed by atoms with E-state index in [1.54, 1.807) is 39.6 Å². The van der Waals surface area contributed by atoms with Crippen molar-refractivity contribution in [2.45, 2.75) is 171 Å². The Labute approximate surface area is 813 Å². The number of hydrogen-bond acceptors (Lipinski definition) is 29. The standard InChI is InChI=1S/C98H116N14O20P2.C2H5I/c1-62(2)112(63(3)4)133(126-52-21-47-99)131-81-54-88(110-51-46-85(105-95(110)117)104-86(113)32-20-50-109(6)97(119)124-58-80-77-30-18-14-26-73(77)74-27-15-19-31-78(74)80)130-84(81)60-128-134(120,127-53-49-100-5)132-82-55-89(129-83(82)59-125-98(66-22-10-9-11-23-66,67-37-41-69(121-7)42-38-67)68-39-43-70(122-8)44-40-68)111-61-103-90-91(111)107-94(108-93(90)116)106-87(114)45-48-101-92(115)65-35-33-64(34-36-65)56-102-96(118)123-57-79-75-28-16-12-24-71(75)72-25-13-17-29-76(72)79;1-2-3/h9-19,22-31,33-44,46,51,61-63,79-84,87-89,92,95-96,101-102,114-115,117-118,120H,20-21,32,45,47-50,52-60,99H2,1-4,6-8H3,(H2-,104,105,106,107,108,113,116);2H2,1H3/p+1/t81?,82?,83?,84-,87?,88?,89-,92?,95?,96?,133?,134?;/m1./s1. The van der Waals surface area contributed by atoms with Crippen molar-refractivity contribution < 1.29 is 90.7 Å². The number of alkyl halides is 1. The Bertz CT molecular complexity index is 5630. The van der Waals surface area contributed by atoms with Crippen LogP contribution in [0.25, 0.3) is 38.3 Å². The van der Waals surface area contributed by atoms with Gasteiger partial charge in [-0.3, -0.25) is 29.8 Å². The minimum atomic E-state index is -4.73. The molecule has 728 valence electrons.